The highest BCUT2D eigenvalue weighted by Gasteiger charge is 2.02. The molecule has 0 unspecified atom stereocenters. The van der Waals surface area contributed by atoms with Gasteiger partial charge in [0.15, 0.2) is 0 Å². The van der Waals surface area contributed by atoms with Gasteiger partial charge >= 0.3 is 0 Å². The van der Waals surface area contributed by atoms with E-state index < -0.39 is 0 Å². The van der Waals surface area contributed by atoms with Crippen LogP contribution < -0.4 is 16.0 Å². The molecule has 23 heavy (non-hydrogen) atoms. The molecule has 3 aromatic rings. The van der Waals surface area contributed by atoms with Gasteiger partial charge in [-0.25, -0.2) is 4.98 Å². The molecule has 0 aliphatic carbocycles. The van der Waals surface area contributed by atoms with Crippen molar-refractivity contribution in [3.63, 3.8) is 0 Å². The number of hydrogen-bond donors (Lipinski definition) is 3. The monoisotopic (exact) mass is 310 g/mol. The number of rotatable bonds is 7. The number of hydrogen-bond acceptors (Lipinski definition) is 7. The van der Waals surface area contributed by atoms with Crippen LogP contribution >= 0.6 is 0 Å². The maximum atomic E-state index is 4.43. The molecule has 118 valence electrons. The standard InChI is InChI=1S/C15H18N8/c1-16-7-8-18-15-17-6-5-14(22-15)21-12-3-2-4-13(11-12)23-19-9-10-20-23/h2-6,9-11,16H,7-8H2,1H3,(H2,17,18,21,22). The minimum atomic E-state index is 0.593. The van der Waals surface area contributed by atoms with Gasteiger partial charge in [0, 0.05) is 25.0 Å². The predicted octanol–water partition coefficient (Wildman–Crippen LogP) is 1.43. The first-order valence-electron chi connectivity index (χ1n) is 7.30. The third kappa shape index (κ3) is 4.01. The number of benzene rings is 1. The van der Waals surface area contributed by atoms with Crippen molar-refractivity contribution in [1.29, 1.82) is 0 Å². The van der Waals surface area contributed by atoms with E-state index in [1.54, 1.807) is 23.4 Å². The molecule has 0 radical (unpaired) electrons. The zero-order valence-corrected chi connectivity index (χ0v) is 12.8. The van der Waals surface area contributed by atoms with Gasteiger partial charge in [0.25, 0.3) is 0 Å². The summed E-state index contributed by atoms with van der Waals surface area (Å²) < 4.78 is 0. The molecular formula is C15H18N8. The van der Waals surface area contributed by atoms with Crippen LogP contribution in [0.25, 0.3) is 5.69 Å². The molecule has 0 atom stereocenters. The van der Waals surface area contributed by atoms with E-state index in [9.17, 15) is 0 Å². The van der Waals surface area contributed by atoms with Crippen LogP contribution in [0.2, 0.25) is 0 Å². The molecule has 2 aromatic heterocycles. The van der Waals surface area contributed by atoms with Crippen molar-refractivity contribution in [1.82, 2.24) is 30.3 Å². The van der Waals surface area contributed by atoms with Gasteiger partial charge in [0.1, 0.15) is 5.82 Å². The lowest BCUT2D eigenvalue weighted by Crippen LogP contribution is -2.18. The molecular weight excluding hydrogens is 292 g/mol. The Balaban J connectivity index is 1.72. The predicted molar refractivity (Wildman–Crippen MR) is 89.1 cm³/mol. The largest absolute Gasteiger partial charge is 0.353 e. The Morgan fingerprint density at radius 1 is 1.04 bits per heavy atom. The summed E-state index contributed by atoms with van der Waals surface area (Å²) in [5, 5.41) is 17.7. The highest BCUT2D eigenvalue weighted by Crippen LogP contribution is 2.18. The molecule has 3 N–H and O–H groups in total. The van der Waals surface area contributed by atoms with Crippen molar-refractivity contribution in [2.75, 3.05) is 30.8 Å². The van der Waals surface area contributed by atoms with E-state index in [4.69, 9.17) is 0 Å². The Bertz CT molecular complexity index is 741. The van der Waals surface area contributed by atoms with Crippen molar-refractivity contribution >= 4 is 17.5 Å². The first kappa shape index (κ1) is 14.9. The highest BCUT2D eigenvalue weighted by molar-refractivity contribution is 5.59. The average molecular weight is 310 g/mol. The normalized spacial score (nSPS) is 10.5. The van der Waals surface area contributed by atoms with Crippen LogP contribution in [0.4, 0.5) is 17.5 Å². The van der Waals surface area contributed by atoms with Crippen LogP contribution in [-0.2, 0) is 0 Å². The molecule has 0 saturated carbocycles. The lowest BCUT2D eigenvalue weighted by molar-refractivity contribution is 0.752. The van der Waals surface area contributed by atoms with Crippen LogP contribution in [0.1, 0.15) is 0 Å². The fourth-order valence-electron chi connectivity index (χ4n) is 2.02. The second kappa shape index (κ2) is 7.32. The fourth-order valence-corrected chi connectivity index (χ4v) is 2.02. The second-order valence-corrected chi connectivity index (χ2v) is 4.79. The number of anilines is 3. The van der Waals surface area contributed by atoms with E-state index in [1.165, 1.54) is 0 Å². The maximum Gasteiger partial charge on any atom is 0.224 e. The van der Waals surface area contributed by atoms with Crippen molar-refractivity contribution in [3.05, 3.63) is 48.9 Å². The topological polar surface area (TPSA) is 92.6 Å². The molecule has 0 aliphatic heterocycles. The third-order valence-electron chi connectivity index (χ3n) is 3.08. The van der Waals surface area contributed by atoms with Gasteiger partial charge in [-0.1, -0.05) is 6.07 Å². The van der Waals surface area contributed by atoms with Gasteiger partial charge in [-0.15, -0.1) is 0 Å². The molecule has 0 aliphatic rings. The highest BCUT2D eigenvalue weighted by atomic mass is 15.5. The number of nitrogens with one attached hydrogen (secondary N) is 3. The second-order valence-electron chi connectivity index (χ2n) is 4.79. The Morgan fingerprint density at radius 3 is 2.74 bits per heavy atom. The van der Waals surface area contributed by atoms with Crippen LogP contribution in [-0.4, -0.2) is 45.1 Å². The molecule has 0 amide bonds. The molecule has 3 rings (SSSR count). The first-order chi connectivity index (χ1) is 11.3. The molecule has 0 fully saturated rings. The molecule has 8 nitrogen and oxygen atoms in total. The Kier molecular flexibility index (Phi) is 4.75. The average Bonchev–Trinajstić information content (AvgIpc) is 3.10. The van der Waals surface area contributed by atoms with E-state index in [0.717, 1.165) is 30.3 Å². The Labute approximate surface area is 134 Å². The van der Waals surface area contributed by atoms with E-state index in [2.05, 4.69) is 36.1 Å². The number of nitrogens with zero attached hydrogens (tertiary/aromatic N) is 5. The summed E-state index contributed by atoms with van der Waals surface area (Å²) in [5.41, 5.74) is 1.78. The maximum absolute atomic E-state index is 4.43. The molecule has 0 saturated heterocycles. The summed E-state index contributed by atoms with van der Waals surface area (Å²) in [5.74, 6) is 1.31. The van der Waals surface area contributed by atoms with Crippen LogP contribution in [0, 0.1) is 0 Å². The summed E-state index contributed by atoms with van der Waals surface area (Å²) in [6.45, 7) is 1.61. The summed E-state index contributed by atoms with van der Waals surface area (Å²) in [6, 6.07) is 9.62. The van der Waals surface area contributed by atoms with Gasteiger partial charge < -0.3 is 16.0 Å². The van der Waals surface area contributed by atoms with Gasteiger partial charge in [-0.2, -0.15) is 20.0 Å². The smallest absolute Gasteiger partial charge is 0.224 e. The Hall–Kier alpha value is -3.00. The molecule has 2 heterocycles. The first-order valence-corrected chi connectivity index (χ1v) is 7.30. The van der Waals surface area contributed by atoms with E-state index in [1.807, 2.05) is 37.4 Å². The van der Waals surface area contributed by atoms with Crippen molar-refractivity contribution in [2.45, 2.75) is 0 Å². The molecule has 0 spiro atoms. The quantitative estimate of drug-likeness (QED) is 0.568. The van der Waals surface area contributed by atoms with Crippen LogP contribution in [0.3, 0.4) is 0 Å². The summed E-state index contributed by atoms with van der Waals surface area (Å²) in [4.78, 5) is 10.2. The fraction of sp³-hybridized carbons (Fsp3) is 0.200. The van der Waals surface area contributed by atoms with E-state index >= 15 is 0 Å². The lowest BCUT2D eigenvalue weighted by Gasteiger charge is -2.09. The zero-order chi connectivity index (χ0) is 15.9. The van der Waals surface area contributed by atoms with Crippen LogP contribution in [0.15, 0.2) is 48.9 Å². The van der Waals surface area contributed by atoms with E-state index in [0.29, 0.717) is 5.95 Å². The molecule has 0 bridgehead atoms. The lowest BCUT2D eigenvalue weighted by atomic mass is 10.3. The van der Waals surface area contributed by atoms with Gasteiger partial charge in [0.2, 0.25) is 5.95 Å². The van der Waals surface area contributed by atoms with Gasteiger partial charge in [-0.05, 0) is 31.3 Å². The number of likely N-dealkylation sites (N-methyl/N-ethyl adjacent to an activating group) is 1. The third-order valence-corrected chi connectivity index (χ3v) is 3.08. The number of aromatic nitrogens is 5. The Morgan fingerprint density at radius 2 is 1.91 bits per heavy atom. The molecule has 1 aromatic carbocycles. The van der Waals surface area contributed by atoms with Gasteiger partial charge in [-0.3, -0.25) is 0 Å². The van der Waals surface area contributed by atoms with Crippen molar-refractivity contribution in [2.24, 2.45) is 0 Å². The minimum Gasteiger partial charge on any atom is -0.353 e. The van der Waals surface area contributed by atoms with Crippen molar-refractivity contribution < 1.29 is 0 Å². The summed E-state index contributed by atoms with van der Waals surface area (Å²) >= 11 is 0. The van der Waals surface area contributed by atoms with E-state index in [-0.39, 0.29) is 0 Å². The zero-order valence-electron chi connectivity index (χ0n) is 12.8. The van der Waals surface area contributed by atoms with Crippen molar-refractivity contribution in [3.8, 4) is 5.69 Å². The molecule has 8 heteroatoms. The SMILES string of the molecule is CNCCNc1nccc(Nc2cccc(-n3nccn3)c2)n1. The van der Waals surface area contributed by atoms with Gasteiger partial charge in [0.05, 0.1) is 18.1 Å². The van der Waals surface area contributed by atoms with Crippen LogP contribution in [0.5, 0.6) is 0 Å². The minimum absolute atomic E-state index is 0.593. The summed E-state index contributed by atoms with van der Waals surface area (Å²) in [6.07, 6.45) is 5.01. The summed E-state index contributed by atoms with van der Waals surface area (Å²) in [7, 11) is 1.90.